The van der Waals surface area contributed by atoms with Crippen LogP contribution in [0, 0.1) is 15.9 Å². The SMILES string of the molecule is CC(C)(C)OC(=O)NCCCNc1cc(F)ccc1[N+](=O)[O-]. The van der Waals surface area contributed by atoms with Gasteiger partial charge in [-0.05, 0) is 33.3 Å². The maximum absolute atomic E-state index is 13.1. The van der Waals surface area contributed by atoms with Gasteiger partial charge < -0.3 is 15.4 Å². The summed E-state index contributed by atoms with van der Waals surface area (Å²) in [5, 5.41) is 16.2. The van der Waals surface area contributed by atoms with Crippen LogP contribution < -0.4 is 10.6 Å². The summed E-state index contributed by atoms with van der Waals surface area (Å²) in [4.78, 5) is 21.6. The number of carbonyl (C=O) groups excluding carboxylic acids is 1. The fraction of sp³-hybridized carbons (Fsp3) is 0.500. The maximum atomic E-state index is 13.1. The van der Waals surface area contributed by atoms with Gasteiger partial charge in [-0.1, -0.05) is 0 Å². The van der Waals surface area contributed by atoms with Gasteiger partial charge in [0.1, 0.15) is 17.1 Å². The lowest BCUT2D eigenvalue weighted by molar-refractivity contribution is -0.384. The Morgan fingerprint density at radius 2 is 2.05 bits per heavy atom. The number of benzene rings is 1. The number of hydrogen-bond acceptors (Lipinski definition) is 5. The highest BCUT2D eigenvalue weighted by Gasteiger charge is 2.16. The third-order valence-corrected chi connectivity index (χ3v) is 2.49. The monoisotopic (exact) mass is 313 g/mol. The first-order valence-corrected chi connectivity index (χ1v) is 6.84. The second kappa shape index (κ2) is 7.58. The van der Waals surface area contributed by atoms with Crippen LogP contribution in [-0.2, 0) is 4.74 Å². The highest BCUT2D eigenvalue weighted by molar-refractivity contribution is 5.67. The Hall–Kier alpha value is -2.38. The van der Waals surface area contributed by atoms with Gasteiger partial charge in [0, 0.05) is 25.2 Å². The zero-order chi connectivity index (χ0) is 16.8. The molecule has 122 valence electrons. The van der Waals surface area contributed by atoms with Crippen LogP contribution in [0.1, 0.15) is 27.2 Å². The number of nitrogens with zero attached hydrogens (tertiary/aromatic N) is 1. The number of halogens is 1. The summed E-state index contributed by atoms with van der Waals surface area (Å²) in [6.45, 7) is 5.97. The van der Waals surface area contributed by atoms with Crippen LogP contribution in [0.25, 0.3) is 0 Å². The number of alkyl carbamates (subject to hydrolysis) is 1. The summed E-state index contributed by atoms with van der Waals surface area (Å²) < 4.78 is 18.2. The number of hydrogen-bond donors (Lipinski definition) is 2. The smallest absolute Gasteiger partial charge is 0.407 e. The van der Waals surface area contributed by atoms with Gasteiger partial charge in [0.25, 0.3) is 5.69 Å². The topological polar surface area (TPSA) is 93.5 Å². The average Bonchev–Trinajstić information content (AvgIpc) is 2.35. The summed E-state index contributed by atoms with van der Waals surface area (Å²) in [7, 11) is 0. The van der Waals surface area contributed by atoms with E-state index in [0.29, 0.717) is 19.5 Å². The highest BCUT2D eigenvalue weighted by atomic mass is 19.1. The fourth-order valence-corrected chi connectivity index (χ4v) is 1.63. The van der Waals surface area contributed by atoms with Crippen molar-refractivity contribution in [1.82, 2.24) is 5.32 Å². The average molecular weight is 313 g/mol. The molecule has 1 amide bonds. The molecule has 1 aromatic carbocycles. The number of carbonyl (C=O) groups is 1. The molecule has 8 heteroatoms. The van der Waals surface area contributed by atoms with E-state index in [4.69, 9.17) is 4.74 Å². The van der Waals surface area contributed by atoms with E-state index in [2.05, 4.69) is 10.6 Å². The van der Waals surface area contributed by atoms with Crippen molar-refractivity contribution < 1.29 is 18.8 Å². The van der Waals surface area contributed by atoms with E-state index < -0.39 is 22.4 Å². The lowest BCUT2D eigenvalue weighted by Crippen LogP contribution is -2.33. The van der Waals surface area contributed by atoms with E-state index in [9.17, 15) is 19.3 Å². The molecule has 0 aliphatic carbocycles. The summed E-state index contributed by atoms with van der Waals surface area (Å²) in [6, 6.07) is 3.21. The molecule has 1 rings (SSSR count). The third kappa shape index (κ3) is 6.38. The lowest BCUT2D eigenvalue weighted by Gasteiger charge is -2.19. The van der Waals surface area contributed by atoms with E-state index in [1.807, 2.05) is 0 Å². The number of nitro groups is 1. The number of nitro benzene ring substituents is 1. The van der Waals surface area contributed by atoms with Crippen molar-refractivity contribution in [3.8, 4) is 0 Å². The molecule has 0 atom stereocenters. The lowest BCUT2D eigenvalue weighted by atomic mass is 10.2. The molecule has 0 radical (unpaired) electrons. The number of ether oxygens (including phenoxy) is 1. The molecule has 0 bridgehead atoms. The van der Waals surface area contributed by atoms with Crippen molar-refractivity contribution in [1.29, 1.82) is 0 Å². The van der Waals surface area contributed by atoms with Gasteiger partial charge in [0.2, 0.25) is 0 Å². The second-order valence-corrected chi connectivity index (χ2v) is 5.63. The first-order valence-electron chi connectivity index (χ1n) is 6.84. The first-order chi connectivity index (χ1) is 10.2. The van der Waals surface area contributed by atoms with Crippen LogP contribution in [0.4, 0.5) is 20.6 Å². The largest absolute Gasteiger partial charge is 0.444 e. The Balaban J connectivity index is 2.38. The number of rotatable bonds is 6. The molecule has 0 aliphatic rings. The number of amides is 1. The molecule has 0 heterocycles. The minimum atomic E-state index is -0.583. The van der Waals surface area contributed by atoms with Gasteiger partial charge in [-0.25, -0.2) is 9.18 Å². The van der Waals surface area contributed by atoms with Gasteiger partial charge in [0.15, 0.2) is 0 Å². The van der Waals surface area contributed by atoms with E-state index in [1.165, 1.54) is 0 Å². The van der Waals surface area contributed by atoms with Crippen LogP contribution in [0.15, 0.2) is 18.2 Å². The summed E-state index contributed by atoms with van der Waals surface area (Å²) >= 11 is 0. The van der Waals surface area contributed by atoms with Crippen molar-refractivity contribution in [2.75, 3.05) is 18.4 Å². The third-order valence-electron chi connectivity index (χ3n) is 2.49. The molecule has 2 N–H and O–H groups in total. The Morgan fingerprint density at radius 1 is 1.36 bits per heavy atom. The Kier molecular flexibility index (Phi) is 6.09. The van der Waals surface area contributed by atoms with Crippen LogP contribution in [0.2, 0.25) is 0 Å². The molecule has 0 unspecified atom stereocenters. The Morgan fingerprint density at radius 3 is 2.64 bits per heavy atom. The molecule has 22 heavy (non-hydrogen) atoms. The van der Waals surface area contributed by atoms with Crippen molar-refractivity contribution in [3.63, 3.8) is 0 Å². The highest BCUT2D eigenvalue weighted by Crippen LogP contribution is 2.24. The molecule has 0 saturated carbocycles. The zero-order valence-corrected chi connectivity index (χ0v) is 12.8. The summed E-state index contributed by atoms with van der Waals surface area (Å²) in [6.07, 6.45) is -0.0170. The second-order valence-electron chi connectivity index (χ2n) is 5.63. The van der Waals surface area contributed by atoms with Crippen LogP contribution in [-0.4, -0.2) is 29.7 Å². The maximum Gasteiger partial charge on any atom is 0.407 e. The quantitative estimate of drug-likeness (QED) is 0.478. The predicted octanol–water partition coefficient (Wildman–Crippen LogP) is 3.06. The minimum absolute atomic E-state index is 0.113. The van der Waals surface area contributed by atoms with E-state index in [-0.39, 0.29) is 11.4 Å². The minimum Gasteiger partial charge on any atom is -0.444 e. The summed E-state index contributed by atoms with van der Waals surface area (Å²) in [5.74, 6) is -0.556. The predicted molar refractivity (Wildman–Crippen MR) is 80.4 cm³/mol. The molecular formula is C14H20FN3O4. The normalized spacial score (nSPS) is 10.9. The molecule has 0 aliphatic heterocycles. The molecule has 0 fully saturated rings. The molecular weight excluding hydrogens is 293 g/mol. The van der Waals surface area contributed by atoms with Gasteiger partial charge in [-0.3, -0.25) is 10.1 Å². The van der Waals surface area contributed by atoms with Crippen molar-refractivity contribution in [2.45, 2.75) is 32.8 Å². The molecule has 7 nitrogen and oxygen atoms in total. The fourth-order valence-electron chi connectivity index (χ4n) is 1.63. The summed E-state index contributed by atoms with van der Waals surface area (Å²) in [5.41, 5.74) is -0.645. The zero-order valence-electron chi connectivity index (χ0n) is 12.8. The van der Waals surface area contributed by atoms with Crippen LogP contribution >= 0.6 is 0 Å². The van der Waals surface area contributed by atoms with Gasteiger partial charge in [-0.15, -0.1) is 0 Å². The van der Waals surface area contributed by atoms with Crippen LogP contribution in [0.3, 0.4) is 0 Å². The van der Waals surface area contributed by atoms with Crippen molar-refractivity contribution in [3.05, 3.63) is 34.1 Å². The first kappa shape index (κ1) is 17.7. The van der Waals surface area contributed by atoms with Gasteiger partial charge in [0.05, 0.1) is 4.92 Å². The van der Waals surface area contributed by atoms with E-state index >= 15 is 0 Å². The molecule has 0 spiro atoms. The van der Waals surface area contributed by atoms with Crippen molar-refractivity contribution >= 4 is 17.5 Å². The van der Waals surface area contributed by atoms with Gasteiger partial charge >= 0.3 is 6.09 Å². The van der Waals surface area contributed by atoms with E-state index in [1.54, 1.807) is 20.8 Å². The Labute approximate surface area is 128 Å². The number of nitrogens with one attached hydrogen (secondary N) is 2. The van der Waals surface area contributed by atoms with Crippen LogP contribution in [0.5, 0.6) is 0 Å². The standard InChI is InChI=1S/C14H20FN3O4/c1-14(2,3)22-13(19)17-8-4-7-16-11-9-10(15)5-6-12(11)18(20)21/h5-6,9,16H,4,7-8H2,1-3H3,(H,17,19). The molecule has 0 aromatic heterocycles. The number of anilines is 1. The Bertz CT molecular complexity index is 543. The van der Waals surface area contributed by atoms with Gasteiger partial charge in [-0.2, -0.15) is 0 Å². The van der Waals surface area contributed by atoms with E-state index in [0.717, 1.165) is 18.2 Å². The molecule has 0 saturated heterocycles. The van der Waals surface area contributed by atoms with Crippen molar-refractivity contribution in [2.24, 2.45) is 0 Å². The molecule has 1 aromatic rings.